The highest BCUT2D eigenvalue weighted by Crippen LogP contribution is 2.23. The Balaban J connectivity index is 3.82. The zero-order valence-corrected chi connectivity index (χ0v) is 14.8. The molecule has 21 heavy (non-hydrogen) atoms. The van der Waals surface area contributed by atoms with Gasteiger partial charge in [0.05, 0.1) is 7.11 Å². The normalized spacial score (nSPS) is 12.3. The van der Waals surface area contributed by atoms with E-state index in [1.54, 1.807) is 0 Å². The summed E-state index contributed by atoms with van der Waals surface area (Å²) in [6.45, 7) is 4.53. The van der Waals surface area contributed by atoms with Crippen molar-refractivity contribution in [3.8, 4) is 0 Å². The molecular weight excluding hydrogens is 260 g/mol. The van der Waals surface area contributed by atoms with E-state index in [2.05, 4.69) is 13.8 Å². The summed E-state index contributed by atoms with van der Waals surface area (Å²) in [5, 5.41) is 0. The molecule has 0 aromatic rings. The van der Waals surface area contributed by atoms with Crippen LogP contribution in [0.4, 0.5) is 0 Å². The number of unbranched alkanes of at least 4 members (excludes halogenated alkanes) is 7. The third-order valence-electron chi connectivity index (χ3n) is 4.40. The molecule has 0 bridgehead atoms. The second-order valence-electron chi connectivity index (χ2n) is 6.39. The molecule has 0 amide bonds. The van der Waals surface area contributed by atoms with Crippen LogP contribution in [0.25, 0.3) is 0 Å². The Kier molecular flexibility index (Phi) is 15.5. The van der Waals surface area contributed by atoms with E-state index in [1.807, 2.05) is 0 Å². The lowest BCUT2D eigenvalue weighted by molar-refractivity contribution is -0.140. The van der Waals surface area contributed by atoms with Gasteiger partial charge in [0.25, 0.3) is 0 Å². The zero-order chi connectivity index (χ0) is 15.8. The quantitative estimate of drug-likeness (QED) is 0.263. The van der Waals surface area contributed by atoms with E-state index in [4.69, 9.17) is 4.74 Å². The molecule has 1 atom stereocenters. The molecule has 0 aliphatic rings. The molecular formula is C19H38O2. The van der Waals surface area contributed by atoms with E-state index < -0.39 is 0 Å². The predicted molar refractivity (Wildman–Crippen MR) is 91.5 cm³/mol. The Bertz CT molecular complexity index is 226. The fourth-order valence-electron chi connectivity index (χ4n) is 2.97. The summed E-state index contributed by atoms with van der Waals surface area (Å²) in [4.78, 5) is 11.2. The summed E-state index contributed by atoms with van der Waals surface area (Å²) in [6.07, 6.45) is 17.8. The number of carbonyl (C=O) groups excluding carboxylic acids is 1. The fraction of sp³-hybridized carbons (Fsp3) is 0.947. The fourth-order valence-corrected chi connectivity index (χ4v) is 2.97. The molecule has 0 spiro atoms. The van der Waals surface area contributed by atoms with Crippen LogP contribution < -0.4 is 0 Å². The lowest BCUT2D eigenvalue weighted by Gasteiger charge is -2.16. The van der Waals surface area contributed by atoms with Gasteiger partial charge in [0, 0.05) is 6.42 Å². The molecule has 2 heteroatoms. The number of methoxy groups -OCH3 is 1. The Hall–Kier alpha value is -0.530. The highest BCUT2D eigenvalue weighted by molar-refractivity contribution is 5.68. The van der Waals surface area contributed by atoms with Gasteiger partial charge in [-0.05, 0) is 18.8 Å². The van der Waals surface area contributed by atoms with Crippen LogP contribution in [0.1, 0.15) is 104 Å². The van der Waals surface area contributed by atoms with Gasteiger partial charge in [-0.3, -0.25) is 4.79 Å². The third kappa shape index (κ3) is 14.2. The van der Waals surface area contributed by atoms with Crippen molar-refractivity contribution in [3.63, 3.8) is 0 Å². The van der Waals surface area contributed by atoms with Gasteiger partial charge in [0.2, 0.25) is 0 Å². The summed E-state index contributed by atoms with van der Waals surface area (Å²) in [7, 11) is 1.48. The van der Waals surface area contributed by atoms with Crippen molar-refractivity contribution in [1.29, 1.82) is 0 Å². The predicted octanol–water partition coefficient (Wildman–Crippen LogP) is 6.28. The largest absolute Gasteiger partial charge is 0.469 e. The summed E-state index contributed by atoms with van der Waals surface area (Å²) in [5.41, 5.74) is 0. The number of rotatable bonds is 15. The maximum atomic E-state index is 11.2. The number of hydrogen-bond acceptors (Lipinski definition) is 2. The van der Waals surface area contributed by atoms with Crippen molar-refractivity contribution < 1.29 is 9.53 Å². The molecule has 0 rings (SSSR count). The minimum Gasteiger partial charge on any atom is -0.469 e. The van der Waals surface area contributed by atoms with Crippen LogP contribution >= 0.6 is 0 Å². The molecule has 0 saturated heterocycles. The van der Waals surface area contributed by atoms with E-state index in [0.717, 1.165) is 12.3 Å². The highest BCUT2D eigenvalue weighted by atomic mass is 16.5. The molecule has 0 aliphatic carbocycles. The first-order valence-electron chi connectivity index (χ1n) is 9.31. The molecule has 0 saturated carbocycles. The third-order valence-corrected chi connectivity index (χ3v) is 4.40. The van der Waals surface area contributed by atoms with Crippen molar-refractivity contribution in [2.75, 3.05) is 7.11 Å². The SMILES string of the molecule is CCCCCCCC(CCCCCC)CCCC(=O)OC. The highest BCUT2D eigenvalue weighted by Gasteiger charge is 2.10. The topological polar surface area (TPSA) is 26.3 Å². The molecule has 0 radical (unpaired) electrons. The van der Waals surface area contributed by atoms with Crippen LogP contribution in [0.3, 0.4) is 0 Å². The Labute approximate surface area is 133 Å². The number of ether oxygens (including phenoxy) is 1. The molecule has 0 aromatic heterocycles. The standard InChI is InChI=1S/C19H38O2/c1-4-6-8-10-12-15-18(14-11-9-7-5-2)16-13-17-19(20)21-3/h18H,4-17H2,1-3H3. The minimum atomic E-state index is -0.0531. The second-order valence-corrected chi connectivity index (χ2v) is 6.39. The Morgan fingerprint density at radius 1 is 0.762 bits per heavy atom. The van der Waals surface area contributed by atoms with Gasteiger partial charge in [-0.1, -0.05) is 84.5 Å². The van der Waals surface area contributed by atoms with Gasteiger partial charge in [0.15, 0.2) is 0 Å². The van der Waals surface area contributed by atoms with Crippen molar-refractivity contribution in [2.45, 2.75) is 104 Å². The first-order valence-corrected chi connectivity index (χ1v) is 9.31. The van der Waals surface area contributed by atoms with Crippen LogP contribution in [0.5, 0.6) is 0 Å². The van der Waals surface area contributed by atoms with Crippen LogP contribution in [0.2, 0.25) is 0 Å². The Morgan fingerprint density at radius 2 is 1.24 bits per heavy atom. The van der Waals surface area contributed by atoms with Gasteiger partial charge >= 0.3 is 5.97 Å². The Morgan fingerprint density at radius 3 is 1.76 bits per heavy atom. The number of esters is 1. The van der Waals surface area contributed by atoms with Crippen molar-refractivity contribution >= 4 is 5.97 Å². The summed E-state index contributed by atoms with van der Waals surface area (Å²) >= 11 is 0. The molecule has 0 N–H and O–H groups in total. The molecule has 126 valence electrons. The lowest BCUT2D eigenvalue weighted by Crippen LogP contribution is -2.05. The van der Waals surface area contributed by atoms with Crippen LogP contribution in [0.15, 0.2) is 0 Å². The lowest BCUT2D eigenvalue weighted by atomic mass is 9.90. The summed E-state index contributed by atoms with van der Waals surface area (Å²) in [6, 6.07) is 0. The maximum Gasteiger partial charge on any atom is 0.305 e. The van der Waals surface area contributed by atoms with Gasteiger partial charge < -0.3 is 4.74 Å². The van der Waals surface area contributed by atoms with E-state index in [1.165, 1.54) is 84.2 Å². The second kappa shape index (κ2) is 15.9. The van der Waals surface area contributed by atoms with Crippen molar-refractivity contribution in [2.24, 2.45) is 5.92 Å². The molecule has 0 fully saturated rings. The summed E-state index contributed by atoms with van der Waals surface area (Å²) < 4.78 is 4.73. The molecule has 0 heterocycles. The first-order chi connectivity index (χ1) is 10.2. The summed E-state index contributed by atoms with van der Waals surface area (Å²) in [5.74, 6) is 0.774. The zero-order valence-electron chi connectivity index (χ0n) is 14.8. The number of hydrogen-bond donors (Lipinski definition) is 0. The van der Waals surface area contributed by atoms with Crippen molar-refractivity contribution in [1.82, 2.24) is 0 Å². The average molecular weight is 299 g/mol. The minimum absolute atomic E-state index is 0.0531. The monoisotopic (exact) mass is 298 g/mol. The van der Waals surface area contributed by atoms with E-state index in [0.29, 0.717) is 6.42 Å². The van der Waals surface area contributed by atoms with Crippen LogP contribution in [-0.4, -0.2) is 13.1 Å². The van der Waals surface area contributed by atoms with E-state index in [-0.39, 0.29) is 5.97 Å². The van der Waals surface area contributed by atoms with Gasteiger partial charge in [0.1, 0.15) is 0 Å². The van der Waals surface area contributed by atoms with Gasteiger partial charge in [-0.25, -0.2) is 0 Å². The molecule has 0 aromatic carbocycles. The average Bonchev–Trinajstić information content (AvgIpc) is 2.50. The van der Waals surface area contributed by atoms with Crippen molar-refractivity contribution in [3.05, 3.63) is 0 Å². The molecule has 0 aliphatic heterocycles. The smallest absolute Gasteiger partial charge is 0.305 e. The molecule has 2 nitrogen and oxygen atoms in total. The van der Waals surface area contributed by atoms with Crippen LogP contribution in [-0.2, 0) is 9.53 Å². The first kappa shape index (κ1) is 20.5. The van der Waals surface area contributed by atoms with Crippen LogP contribution in [0, 0.1) is 5.92 Å². The maximum absolute atomic E-state index is 11.2. The number of carbonyl (C=O) groups is 1. The van der Waals surface area contributed by atoms with E-state index >= 15 is 0 Å². The van der Waals surface area contributed by atoms with Gasteiger partial charge in [-0.15, -0.1) is 0 Å². The van der Waals surface area contributed by atoms with E-state index in [9.17, 15) is 4.79 Å². The molecule has 1 unspecified atom stereocenters. The van der Waals surface area contributed by atoms with Gasteiger partial charge in [-0.2, -0.15) is 0 Å².